The maximum atomic E-state index is 11.8. The van der Waals surface area contributed by atoms with Crippen molar-refractivity contribution in [3.8, 4) is 23.0 Å². The van der Waals surface area contributed by atoms with Gasteiger partial charge in [-0.2, -0.15) is 0 Å². The van der Waals surface area contributed by atoms with E-state index in [-0.39, 0.29) is 0 Å². The van der Waals surface area contributed by atoms with Crippen LogP contribution in [0, 0.1) is 15.4 Å². The molecule has 3 aromatic carbocycles. The summed E-state index contributed by atoms with van der Waals surface area (Å²) >= 11 is 2.48. The zero-order valence-corrected chi connectivity index (χ0v) is 21.4. The quantitative estimate of drug-likeness (QED) is 0.225. The third-order valence-corrected chi connectivity index (χ3v) is 8.50. The molecule has 1 aliphatic heterocycles. The van der Waals surface area contributed by atoms with Gasteiger partial charge in [0.1, 0.15) is 12.1 Å². The molecule has 0 saturated carbocycles. The zero-order valence-electron chi connectivity index (χ0n) is 19.2. The standard InChI is InChI=1S/C30H31INO/c1-2-19-32(21-17-23(22-32)24-11-5-8-16-29(24)31)20-10-9-18-30(33)27-14-6-3-12-25(27)26-13-4-7-15-28(26)30/h3-8,11-16,23,33H,2,17-22H2,1H3/q+1. The smallest absolute Gasteiger partial charge is 0.140 e. The summed E-state index contributed by atoms with van der Waals surface area (Å²) in [6, 6.07) is 25.3. The Morgan fingerprint density at radius 3 is 2.24 bits per heavy atom. The maximum absolute atomic E-state index is 11.8. The van der Waals surface area contributed by atoms with E-state index in [9.17, 15) is 5.11 Å². The van der Waals surface area contributed by atoms with Crippen LogP contribution < -0.4 is 0 Å². The van der Waals surface area contributed by atoms with Crippen LogP contribution in [-0.4, -0.2) is 35.8 Å². The lowest BCUT2D eigenvalue weighted by atomic mass is 9.88. The number of hydrogen-bond donors (Lipinski definition) is 1. The number of hydrogen-bond acceptors (Lipinski definition) is 1. The summed E-state index contributed by atoms with van der Waals surface area (Å²) in [7, 11) is 0. The molecule has 2 unspecified atom stereocenters. The Kier molecular flexibility index (Phi) is 6.35. The Hall–Kier alpha value is -2.13. The minimum absolute atomic E-state index is 0.438. The minimum atomic E-state index is -1.02. The fourth-order valence-corrected chi connectivity index (χ4v) is 6.77. The summed E-state index contributed by atoms with van der Waals surface area (Å²) in [5, 5.41) is 11.8. The van der Waals surface area contributed by atoms with Crippen LogP contribution in [0.2, 0.25) is 0 Å². The molecule has 0 spiro atoms. The lowest BCUT2D eigenvalue weighted by Gasteiger charge is -2.32. The first-order valence-corrected chi connectivity index (χ1v) is 13.1. The van der Waals surface area contributed by atoms with Crippen LogP contribution in [0.5, 0.6) is 0 Å². The first kappa shape index (κ1) is 22.7. The number of rotatable bonds is 5. The lowest BCUT2D eigenvalue weighted by molar-refractivity contribution is -0.910. The summed E-state index contributed by atoms with van der Waals surface area (Å²) in [5.41, 5.74) is 4.70. The van der Waals surface area contributed by atoms with Gasteiger partial charge in [-0.05, 0) is 68.8 Å². The molecular formula is C30H31INO+. The molecule has 2 aliphatic rings. The van der Waals surface area contributed by atoms with Crippen molar-refractivity contribution in [1.29, 1.82) is 0 Å². The maximum Gasteiger partial charge on any atom is 0.140 e. The van der Waals surface area contributed by atoms with Crippen LogP contribution in [0.1, 0.15) is 48.8 Å². The Bertz CT molecular complexity index is 1180. The van der Waals surface area contributed by atoms with Gasteiger partial charge in [-0.3, -0.25) is 0 Å². The van der Waals surface area contributed by atoms with E-state index in [1.165, 1.54) is 41.6 Å². The van der Waals surface area contributed by atoms with E-state index in [1.54, 1.807) is 0 Å². The Morgan fingerprint density at radius 2 is 1.58 bits per heavy atom. The minimum Gasteiger partial charge on any atom is -0.379 e. The zero-order chi connectivity index (χ0) is 22.9. The summed E-state index contributed by atoms with van der Waals surface area (Å²) in [6.07, 6.45) is 2.84. The average Bonchev–Trinajstić information content (AvgIpc) is 3.36. The van der Waals surface area contributed by atoms with Crippen LogP contribution in [0.25, 0.3) is 11.1 Å². The van der Waals surface area contributed by atoms with Crippen molar-refractivity contribution in [3.63, 3.8) is 0 Å². The Balaban J connectivity index is 1.35. The summed E-state index contributed by atoms with van der Waals surface area (Å²) in [6.45, 7) is 6.67. The molecule has 3 heteroatoms. The molecule has 0 bridgehead atoms. The topological polar surface area (TPSA) is 20.2 Å². The van der Waals surface area contributed by atoms with Crippen LogP contribution in [0.4, 0.5) is 0 Å². The second-order valence-corrected chi connectivity index (χ2v) is 10.8. The highest BCUT2D eigenvalue weighted by Crippen LogP contribution is 2.48. The lowest BCUT2D eigenvalue weighted by Crippen LogP contribution is -2.46. The van der Waals surface area contributed by atoms with Gasteiger partial charge in [0, 0.05) is 22.3 Å². The summed E-state index contributed by atoms with van der Waals surface area (Å²) < 4.78 is 2.45. The number of quaternary nitrogens is 1. The van der Waals surface area contributed by atoms with Gasteiger partial charge >= 0.3 is 0 Å². The van der Waals surface area contributed by atoms with E-state index in [4.69, 9.17) is 0 Å². The van der Waals surface area contributed by atoms with E-state index in [1.807, 2.05) is 24.3 Å². The van der Waals surface area contributed by atoms with Crippen LogP contribution >= 0.6 is 22.6 Å². The second kappa shape index (κ2) is 9.25. The molecule has 0 radical (unpaired) electrons. The Morgan fingerprint density at radius 1 is 0.939 bits per heavy atom. The molecule has 1 aliphatic carbocycles. The molecule has 1 N–H and O–H groups in total. The Labute approximate surface area is 211 Å². The van der Waals surface area contributed by atoms with Gasteiger partial charge in [0.15, 0.2) is 0 Å². The second-order valence-electron chi connectivity index (χ2n) is 9.62. The van der Waals surface area contributed by atoms with Crippen molar-refractivity contribution in [2.45, 2.75) is 37.7 Å². The third kappa shape index (κ3) is 4.14. The van der Waals surface area contributed by atoms with E-state index in [0.717, 1.165) is 33.3 Å². The highest BCUT2D eigenvalue weighted by atomic mass is 127. The molecule has 3 aromatic rings. The highest BCUT2D eigenvalue weighted by Gasteiger charge is 2.41. The molecule has 1 saturated heterocycles. The molecule has 1 heterocycles. The van der Waals surface area contributed by atoms with Crippen molar-refractivity contribution in [1.82, 2.24) is 0 Å². The highest BCUT2D eigenvalue weighted by molar-refractivity contribution is 14.1. The molecular weight excluding hydrogens is 517 g/mol. The van der Waals surface area contributed by atoms with E-state index >= 15 is 0 Å². The first-order chi connectivity index (χ1) is 16.1. The molecule has 0 amide bonds. The fraction of sp³-hybridized carbons (Fsp3) is 0.333. The summed E-state index contributed by atoms with van der Waals surface area (Å²) in [4.78, 5) is 0. The average molecular weight is 548 g/mol. The molecule has 33 heavy (non-hydrogen) atoms. The number of nitrogens with zero attached hydrogens (tertiary/aromatic N) is 1. The summed E-state index contributed by atoms with van der Waals surface area (Å²) in [5.74, 6) is 7.54. The van der Waals surface area contributed by atoms with Crippen LogP contribution in [0.3, 0.4) is 0 Å². The van der Waals surface area contributed by atoms with E-state index in [0.29, 0.717) is 12.3 Å². The van der Waals surface area contributed by atoms with Crippen molar-refractivity contribution < 1.29 is 9.59 Å². The van der Waals surface area contributed by atoms with Gasteiger partial charge in [-0.15, -0.1) is 0 Å². The molecule has 2 atom stereocenters. The predicted molar refractivity (Wildman–Crippen MR) is 144 cm³/mol. The number of halogens is 1. The number of fused-ring (bicyclic) bond motifs is 3. The monoisotopic (exact) mass is 548 g/mol. The molecule has 1 fully saturated rings. The first-order valence-electron chi connectivity index (χ1n) is 12.0. The third-order valence-electron chi connectivity index (χ3n) is 7.52. The predicted octanol–water partition coefficient (Wildman–Crippen LogP) is 6.32. The van der Waals surface area contributed by atoms with Crippen molar-refractivity contribution in [3.05, 3.63) is 93.1 Å². The SMILES string of the molecule is CCC[N+]1(CC#CCC2(O)c3ccccc3-c3ccccc32)CCC(c2ccccc2I)C1. The van der Waals surface area contributed by atoms with Gasteiger partial charge in [-0.25, -0.2) is 0 Å². The molecule has 5 rings (SSSR count). The van der Waals surface area contributed by atoms with Crippen LogP contribution in [-0.2, 0) is 5.60 Å². The van der Waals surface area contributed by atoms with Crippen molar-refractivity contribution in [2.75, 3.05) is 26.2 Å². The fourth-order valence-electron chi connectivity index (χ4n) is 5.95. The van der Waals surface area contributed by atoms with Crippen molar-refractivity contribution >= 4 is 22.6 Å². The van der Waals surface area contributed by atoms with Gasteiger partial charge in [0.25, 0.3) is 0 Å². The van der Waals surface area contributed by atoms with Gasteiger partial charge in [0.2, 0.25) is 0 Å². The van der Waals surface area contributed by atoms with Crippen molar-refractivity contribution in [2.24, 2.45) is 0 Å². The molecule has 0 aromatic heterocycles. The normalized spacial score (nSPS) is 22.3. The van der Waals surface area contributed by atoms with Crippen LogP contribution in [0.15, 0.2) is 72.8 Å². The number of benzene rings is 3. The molecule has 168 valence electrons. The van der Waals surface area contributed by atoms with E-state index in [2.05, 4.69) is 89.9 Å². The number of aliphatic hydroxyl groups is 1. The van der Waals surface area contributed by atoms with Gasteiger partial charge < -0.3 is 9.59 Å². The number of likely N-dealkylation sites (tertiary alicyclic amines) is 1. The van der Waals surface area contributed by atoms with Gasteiger partial charge in [-0.1, -0.05) is 79.6 Å². The largest absolute Gasteiger partial charge is 0.379 e. The molecule has 2 nitrogen and oxygen atoms in total. The van der Waals surface area contributed by atoms with Gasteiger partial charge in [0.05, 0.1) is 19.6 Å². The van der Waals surface area contributed by atoms with E-state index < -0.39 is 5.60 Å².